The number of hydrogen-bond donors (Lipinski definition) is 2. The fourth-order valence-corrected chi connectivity index (χ4v) is 4.94. The first kappa shape index (κ1) is 24.9. The number of aromatic nitrogens is 1. The summed E-state index contributed by atoms with van der Waals surface area (Å²) < 4.78 is 43.7. The molecular formula is C22H19ClF3N5O3S. The van der Waals surface area contributed by atoms with Crippen molar-refractivity contribution in [1.82, 2.24) is 9.88 Å². The molecule has 3 heterocycles. The Morgan fingerprint density at radius 1 is 1.49 bits per heavy atom. The lowest BCUT2D eigenvalue weighted by atomic mass is 9.91. The average molecular weight is 526 g/mol. The molecule has 13 heteroatoms. The number of rotatable bonds is 6. The number of aliphatic hydroxyl groups is 1. The number of aliphatic imine (C=N–C) groups is 2. The van der Waals surface area contributed by atoms with Gasteiger partial charge in [-0.3, -0.25) is 4.99 Å². The number of benzene rings is 1. The molecule has 0 saturated carbocycles. The molecule has 0 unspecified atom stereocenters. The van der Waals surface area contributed by atoms with Gasteiger partial charge < -0.3 is 20.5 Å². The van der Waals surface area contributed by atoms with Crippen molar-refractivity contribution < 1.29 is 27.8 Å². The van der Waals surface area contributed by atoms with E-state index in [4.69, 9.17) is 27.1 Å². The lowest BCUT2D eigenvalue weighted by Crippen LogP contribution is -2.44. The van der Waals surface area contributed by atoms with Crippen molar-refractivity contribution in [1.29, 1.82) is 0 Å². The molecule has 2 atom stereocenters. The van der Waals surface area contributed by atoms with Gasteiger partial charge in [0.25, 0.3) is 0 Å². The summed E-state index contributed by atoms with van der Waals surface area (Å²) in [5.74, 6) is -1.10. The standard InChI is InChI=1S/C22H19ClF3N5O3S/c1-34-20(32)22(33)9-15-16(14(27)4-5-29-21(25)26)17(12-3-2-11(24)8-13(12)23)30-18(31(15)10-22)19-28-6-7-35-19/h2-8,17,21,33H,9-10,27H2,1H3/t17-,22-/m0/s1. The molecule has 0 spiro atoms. The molecule has 2 aliphatic rings. The molecule has 1 fully saturated rings. The zero-order valence-electron chi connectivity index (χ0n) is 18.2. The van der Waals surface area contributed by atoms with E-state index in [2.05, 4.69) is 9.98 Å². The van der Waals surface area contributed by atoms with Gasteiger partial charge in [-0.1, -0.05) is 17.7 Å². The largest absolute Gasteiger partial charge is 0.467 e. The van der Waals surface area contributed by atoms with Crippen LogP contribution >= 0.6 is 22.9 Å². The highest BCUT2D eigenvalue weighted by atomic mass is 35.5. The number of alkyl halides is 2. The minimum absolute atomic E-state index is 0.00385. The van der Waals surface area contributed by atoms with Crippen molar-refractivity contribution in [2.75, 3.05) is 13.7 Å². The molecule has 2 aliphatic heterocycles. The maximum absolute atomic E-state index is 13.8. The highest BCUT2D eigenvalue weighted by molar-refractivity contribution is 7.11. The van der Waals surface area contributed by atoms with Crippen LogP contribution in [-0.2, 0) is 9.53 Å². The number of amidine groups is 1. The van der Waals surface area contributed by atoms with Crippen LogP contribution in [0.2, 0.25) is 5.02 Å². The predicted molar refractivity (Wildman–Crippen MR) is 125 cm³/mol. The van der Waals surface area contributed by atoms with Crippen LogP contribution < -0.4 is 5.73 Å². The smallest absolute Gasteiger partial charge is 0.340 e. The van der Waals surface area contributed by atoms with E-state index in [1.165, 1.54) is 23.5 Å². The maximum Gasteiger partial charge on any atom is 0.340 e. The number of methoxy groups -OCH3 is 1. The van der Waals surface area contributed by atoms with Crippen LogP contribution in [0.4, 0.5) is 13.2 Å². The van der Waals surface area contributed by atoms with Gasteiger partial charge in [0.15, 0.2) is 16.4 Å². The van der Waals surface area contributed by atoms with Gasteiger partial charge in [0.2, 0.25) is 0 Å². The van der Waals surface area contributed by atoms with Gasteiger partial charge in [-0.2, -0.15) is 8.78 Å². The lowest BCUT2D eigenvalue weighted by Gasteiger charge is -2.33. The van der Waals surface area contributed by atoms with E-state index in [1.54, 1.807) is 16.5 Å². The monoisotopic (exact) mass is 525 g/mol. The minimum atomic E-state index is -2.94. The number of nitrogens with zero attached hydrogens (tertiary/aromatic N) is 4. The van der Waals surface area contributed by atoms with Crippen LogP contribution in [0.5, 0.6) is 0 Å². The molecule has 1 aromatic heterocycles. The summed E-state index contributed by atoms with van der Waals surface area (Å²) in [6.07, 6.45) is 3.37. The number of hydrogen-bond acceptors (Lipinski definition) is 9. The zero-order chi connectivity index (χ0) is 25.3. The summed E-state index contributed by atoms with van der Waals surface area (Å²) in [6, 6.07) is 2.82. The Kier molecular flexibility index (Phi) is 6.97. The average Bonchev–Trinajstić information content (AvgIpc) is 3.45. The number of nitrogens with two attached hydrogens (primary N) is 1. The summed E-state index contributed by atoms with van der Waals surface area (Å²) in [4.78, 5) is 26.1. The lowest BCUT2D eigenvalue weighted by molar-refractivity contribution is -0.160. The van der Waals surface area contributed by atoms with Gasteiger partial charge in [-0.25, -0.2) is 19.2 Å². The second kappa shape index (κ2) is 9.80. The van der Waals surface area contributed by atoms with Crippen LogP contribution in [-0.4, -0.2) is 58.8 Å². The third-order valence-electron chi connectivity index (χ3n) is 5.51. The molecule has 3 N–H and O–H groups in total. The summed E-state index contributed by atoms with van der Waals surface area (Å²) in [5.41, 5.74) is 5.42. The quantitative estimate of drug-likeness (QED) is 0.339. The molecule has 1 aromatic carbocycles. The van der Waals surface area contributed by atoms with E-state index in [0.717, 1.165) is 25.5 Å². The second-order valence-corrected chi connectivity index (χ2v) is 9.00. The van der Waals surface area contributed by atoms with Crippen molar-refractivity contribution >= 4 is 41.0 Å². The first-order valence-electron chi connectivity index (χ1n) is 10.2. The topological polar surface area (TPSA) is 113 Å². The number of thiazole rings is 1. The van der Waals surface area contributed by atoms with Gasteiger partial charge in [-0.15, -0.1) is 11.3 Å². The number of fused-ring (bicyclic) bond motifs is 1. The summed E-state index contributed by atoms with van der Waals surface area (Å²) >= 11 is 7.63. The molecule has 0 radical (unpaired) electrons. The van der Waals surface area contributed by atoms with Crippen molar-refractivity contribution in [3.63, 3.8) is 0 Å². The fourth-order valence-electron chi connectivity index (χ4n) is 4.03. The number of esters is 1. The van der Waals surface area contributed by atoms with Crippen molar-refractivity contribution in [2.24, 2.45) is 15.7 Å². The van der Waals surface area contributed by atoms with Crippen molar-refractivity contribution in [3.05, 3.63) is 74.2 Å². The molecule has 8 nitrogen and oxygen atoms in total. The molecule has 184 valence electrons. The van der Waals surface area contributed by atoms with E-state index >= 15 is 0 Å². The Morgan fingerprint density at radius 2 is 2.26 bits per heavy atom. The third kappa shape index (κ3) is 4.81. The van der Waals surface area contributed by atoms with E-state index in [-0.39, 0.29) is 23.7 Å². The third-order valence-corrected chi connectivity index (χ3v) is 6.60. The Balaban J connectivity index is 1.95. The Morgan fingerprint density at radius 3 is 2.89 bits per heavy atom. The molecule has 0 amide bonds. The zero-order valence-corrected chi connectivity index (χ0v) is 19.7. The Labute approximate surface area is 206 Å². The van der Waals surface area contributed by atoms with Gasteiger partial charge in [0, 0.05) is 51.8 Å². The van der Waals surface area contributed by atoms with Gasteiger partial charge in [0.1, 0.15) is 11.9 Å². The van der Waals surface area contributed by atoms with E-state index in [0.29, 0.717) is 27.7 Å². The molecular weight excluding hydrogens is 507 g/mol. The number of allylic oxidation sites excluding steroid dienone is 1. The Bertz CT molecular complexity index is 1270. The molecule has 1 saturated heterocycles. The molecule has 2 aromatic rings. The number of ether oxygens (including phenoxy) is 1. The predicted octanol–water partition coefficient (Wildman–Crippen LogP) is 3.44. The van der Waals surface area contributed by atoms with Gasteiger partial charge in [-0.05, 0) is 18.2 Å². The van der Waals surface area contributed by atoms with Crippen LogP contribution in [0.25, 0.3) is 0 Å². The second-order valence-electron chi connectivity index (χ2n) is 7.70. The first-order chi connectivity index (χ1) is 16.6. The normalized spacial score (nSPS) is 22.7. The Hall–Kier alpha value is -3.22. The SMILES string of the molecule is COC(=O)[C@]1(O)CC2=C(C(N)=CC=NC(F)F)[C@H](c3ccc(F)cc3Cl)N=C(c3nccs3)N2C1. The number of halogens is 4. The summed E-state index contributed by atoms with van der Waals surface area (Å²) in [6.45, 7) is -3.15. The fraction of sp³-hybridized carbons (Fsp3) is 0.273. The minimum Gasteiger partial charge on any atom is -0.467 e. The van der Waals surface area contributed by atoms with E-state index in [9.17, 15) is 23.1 Å². The van der Waals surface area contributed by atoms with E-state index in [1.807, 2.05) is 0 Å². The highest BCUT2D eigenvalue weighted by Gasteiger charge is 2.51. The number of carbonyl (C=O) groups excluding carboxylic acids is 1. The van der Waals surface area contributed by atoms with Crippen molar-refractivity contribution in [2.45, 2.75) is 24.6 Å². The highest BCUT2D eigenvalue weighted by Crippen LogP contribution is 2.46. The molecule has 0 bridgehead atoms. The van der Waals surface area contributed by atoms with E-state index < -0.39 is 30.0 Å². The van der Waals surface area contributed by atoms with Crippen molar-refractivity contribution in [3.8, 4) is 0 Å². The van der Waals surface area contributed by atoms with Gasteiger partial charge in [0.05, 0.1) is 13.7 Å². The molecule has 4 rings (SSSR count). The maximum atomic E-state index is 13.8. The number of carbonyl (C=O) groups is 1. The van der Waals surface area contributed by atoms with Crippen LogP contribution in [0, 0.1) is 5.82 Å². The first-order valence-corrected chi connectivity index (χ1v) is 11.4. The van der Waals surface area contributed by atoms with Gasteiger partial charge >= 0.3 is 12.5 Å². The molecule has 0 aliphatic carbocycles. The summed E-state index contributed by atoms with van der Waals surface area (Å²) in [7, 11) is 1.15. The van der Waals surface area contributed by atoms with Crippen LogP contribution in [0.3, 0.4) is 0 Å². The summed E-state index contributed by atoms with van der Waals surface area (Å²) in [5, 5.41) is 13.4. The van der Waals surface area contributed by atoms with Crippen LogP contribution in [0.1, 0.15) is 23.0 Å². The van der Waals surface area contributed by atoms with Crippen LogP contribution in [0.15, 0.2) is 62.8 Å². The molecule has 35 heavy (non-hydrogen) atoms.